The minimum absolute atomic E-state index is 0.212. The molecule has 0 spiro atoms. The molecule has 2 saturated heterocycles. The molecule has 2 aromatic heterocycles. The summed E-state index contributed by atoms with van der Waals surface area (Å²) < 4.78 is 13.8. The van der Waals surface area contributed by atoms with Crippen LogP contribution in [0.4, 0.5) is 4.79 Å². The predicted molar refractivity (Wildman–Crippen MR) is 126 cm³/mol. The second kappa shape index (κ2) is 9.69. The molecule has 2 fully saturated rings. The Morgan fingerprint density at radius 2 is 1.91 bits per heavy atom. The third-order valence-electron chi connectivity index (χ3n) is 6.59. The molecule has 0 aliphatic carbocycles. The first kappa shape index (κ1) is 22.9. The van der Waals surface area contributed by atoms with Crippen LogP contribution in [0.2, 0.25) is 0 Å². The second-order valence-electron chi connectivity index (χ2n) is 10.2. The Labute approximate surface area is 191 Å². The highest BCUT2D eigenvalue weighted by atomic mass is 16.6. The zero-order valence-electron chi connectivity index (χ0n) is 20.0. The van der Waals surface area contributed by atoms with Gasteiger partial charge in [0.2, 0.25) is 5.88 Å². The fourth-order valence-electron chi connectivity index (χ4n) is 4.84. The molecule has 1 amide bonds. The maximum atomic E-state index is 12.3. The van der Waals surface area contributed by atoms with Gasteiger partial charge in [0.05, 0.1) is 17.6 Å². The number of pyridine rings is 1. The van der Waals surface area contributed by atoms with Crippen LogP contribution >= 0.6 is 0 Å². The number of carbonyl (C=O) groups excluding carboxylic acids is 1. The van der Waals surface area contributed by atoms with Gasteiger partial charge in [0.15, 0.2) is 0 Å². The molecule has 2 aliphatic heterocycles. The quantitative estimate of drug-likeness (QED) is 0.598. The number of aromatic nitrogens is 2. The van der Waals surface area contributed by atoms with Gasteiger partial charge in [0, 0.05) is 44.0 Å². The number of piperidine rings is 1. The van der Waals surface area contributed by atoms with Crippen LogP contribution in [-0.2, 0) is 4.74 Å². The number of hydrogen-bond donors (Lipinski definition) is 0. The lowest BCUT2D eigenvalue weighted by molar-refractivity contribution is 0.0189. The van der Waals surface area contributed by atoms with Crippen LogP contribution in [-0.4, -0.2) is 69.9 Å². The zero-order valence-corrected chi connectivity index (χ0v) is 20.0. The molecular formula is C25H38N4O3. The summed E-state index contributed by atoms with van der Waals surface area (Å²) in [4.78, 5) is 21.4. The molecule has 4 heterocycles. The molecule has 7 heteroatoms. The highest BCUT2D eigenvalue weighted by molar-refractivity contribution is 5.76. The Morgan fingerprint density at radius 3 is 2.59 bits per heavy atom. The minimum Gasteiger partial charge on any atom is -0.478 e. The molecule has 0 unspecified atom stereocenters. The van der Waals surface area contributed by atoms with Crippen LogP contribution in [0.25, 0.3) is 11.0 Å². The van der Waals surface area contributed by atoms with E-state index in [0.717, 1.165) is 36.8 Å². The summed E-state index contributed by atoms with van der Waals surface area (Å²) in [5.41, 5.74) is 1.63. The number of hydrogen-bond acceptors (Lipinski definition) is 5. The summed E-state index contributed by atoms with van der Waals surface area (Å²) in [7, 11) is 0. The monoisotopic (exact) mass is 442 g/mol. The number of fused-ring (bicyclic) bond motifs is 1. The Kier molecular flexibility index (Phi) is 6.93. The Bertz CT molecular complexity index is 912. The van der Waals surface area contributed by atoms with Gasteiger partial charge in [-0.25, -0.2) is 9.78 Å². The van der Waals surface area contributed by atoms with Crippen LogP contribution in [0, 0.1) is 0 Å². The minimum atomic E-state index is -0.456. The summed E-state index contributed by atoms with van der Waals surface area (Å²) in [5, 5.41) is 0. The van der Waals surface area contributed by atoms with Gasteiger partial charge in [-0.1, -0.05) is 0 Å². The Balaban J connectivity index is 1.29. The standard InChI is InChI=1S/C25H38N4O3/c1-19-7-5-13-27(19)14-6-18-31-23-9-8-22-21(26-23)12-17-29(22)20-10-15-28(16-11-20)24(30)32-25(2,3)4/h8-9,12,17,19-20H,5-7,10-11,13-16,18H2,1-4H3/t19-/m1/s1. The van der Waals surface area contributed by atoms with Crippen molar-refractivity contribution in [1.82, 2.24) is 19.4 Å². The molecule has 1 atom stereocenters. The number of rotatable bonds is 6. The van der Waals surface area contributed by atoms with Gasteiger partial charge in [-0.15, -0.1) is 0 Å². The highest BCUT2D eigenvalue weighted by Gasteiger charge is 2.28. The first-order valence-corrected chi connectivity index (χ1v) is 12.1. The van der Waals surface area contributed by atoms with Crippen LogP contribution < -0.4 is 4.74 Å². The van der Waals surface area contributed by atoms with Gasteiger partial charge in [-0.3, -0.25) is 0 Å². The number of amides is 1. The van der Waals surface area contributed by atoms with E-state index in [1.54, 1.807) is 0 Å². The van der Waals surface area contributed by atoms with Crippen molar-refractivity contribution in [3.63, 3.8) is 0 Å². The van der Waals surface area contributed by atoms with Crippen LogP contribution in [0.5, 0.6) is 5.88 Å². The van der Waals surface area contributed by atoms with E-state index in [0.29, 0.717) is 37.7 Å². The van der Waals surface area contributed by atoms with Gasteiger partial charge in [-0.05, 0) is 78.5 Å². The zero-order chi connectivity index (χ0) is 22.7. The molecule has 0 saturated carbocycles. The van der Waals surface area contributed by atoms with E-state index in [1.165, 1.54) is 19.4 Å². The van der Waals surface area contributed by atoms with Crippen molar-refractivity contribution < 1.29 is 14.3 Å². The van der Waals surface area contributed by atoms with E-state index in [9.17, 15) is 4.79 Å². The first-order valence-electron chi connectivity index (χ1n) is 12.1. The third-order valence-corrected chi connectivity index (χ3v) is 6.59. The molecule has 2 aromatic rings. The fourth-order valence-corrected chi connectivity index (χ4v) is 4.84. The number of likely N-dealkylation sites (tertiary alicyclic amines) is 2. The maximum absolute atomic E-state index is 12.3. The van der Waals surface area contributed by atoms with Gasteiger partial charge >= 0.3 is 6.09 Å². The highest BCUT2D eigenvalue weighted by Crippen LogP contribution is 2.29. The lowest BCUT2D eigenvalue weighted by Crippen LogP contribution is -2.42. The van der Waals surface area contributed by atoms with E-state index in [1.807, 2.05) is 31.7 Å². The average molecular weight is 443 g/mol. The van der Waals surface area contributed by atoms with Crippen molar-refractivity contribution in [2.24, 2.45) is 0 Å². The number of nitrogens with zero attached hydrogens (tertiary/aromatic N) is 4. The van der Waals surface area contributed by atoms with Gasteiger partial charge in [0.1, 0.15) is 5.60 Å². The molecule has 176 valence electrons. The largest absolute Gasteiger partial charge is 0.478 e. The summed E-state index contributed by atoms with van der Waals surface area (Å²) in [6, 6.07) is 7.23. The average Bonchev–Trinajstić information content (AvgIpc) is 3.35. The smallest absolute Gasteiger partial charge is 0.410 e. The van der Waals surface area contributed by atoms with Crippen molar-refractivity contribution in [2.45, 2.75) is 77.5 Å². The van der Waals surface area contributed by atoms with Crippen LogP contribution in [0.15, 0.2) is 24.4 Å². The normalized spacial score (nSPS) is 20.8. The lowest BCUT2D eigenvalue weighted by Gasteiger charge is -2.34. The molecular weight excluding hydrogens is 404 g/mol. The van der Waals surface area contributed by atoms with E-state index >= 15 is 0 Å². The molecule has 0 radical (unpaired) electrons. The van der Waals surface area contributed by atoms with Crippen molar-refractivity contribution in [3.8, 4) is 5.88 Å². The van der Waals surface area contributed by atoms with Crippen LogP contribution in [0.3, 0.4) is 0 Å². The summed E-state index contributed by atoms with van der Waals surface area (Å²) in [5.74, 6) is 0.699. The summed E-state index contributed by atoms with van der Waals surface area (Å²) >= 11 is 0. The summed E-state index contributed by atoms with van der Waals surface area (Å²) in [6.45, 7) is 12.5. The number of carbonyl (C=O) groups is 1. The van der Waals surface area contributed by atoms with E-state index in [4.69, 9.17) is 14.5 Å². The van der Waals surface area contributed by atoms with Crippen LogP contribution in [0.1, 0.15) is 65.8 Å². The van der Waals surface area contributed by atoms with Gasteiger partial charge in [-0.2, -0.15) is 0 Å². The van der Waals surface area contributed by atoms with E-state index < -0.39 is 5.60 Å². The third kappa shape index (κ3) is 5.55. The second-order valence-corrected chi connectivity index (χ2v) is 10.2. The molecule has 0 bridgehead atoms. The maximum Gasteiger partial charge on any atom is 0.410 e. The number of ether oxygens (including phenoxy) is 2. The molecule has 7 nitrogen and oxygen atoms in total. The van der Waals surface area contributed by atoms with E-state index in [2.05, 4.69) is 34.7 Å². The summed E-state index contributed by atoms with van der Waals surface area (Å²) in [6.07, 6.45) is 7.39. The van der Waals surface area contributed by atoms with Crippen molar-refractivity contribution in [2.75, 3.05) is 32.8 Å². The Hall–Kier alpha value is -2.28. The Morgan fingerprint density at radius 1 is 1.12 bits per heavy atom. The molecule has 32 heavy (non-hydrogen) atoms. The van der Waals surface area contributed by atoms with Crippen molar-refractivity contribution in [1.29, 1.82) is 0 Å². The van der Waals surface area contributed by atoms with E-state index in [-0.39, 0.29) is 6.09 Å². The molecule has 0 aromatic carbocycles. The molecule has 4 rings (SSSR count). The van der Waals surface area contributed by atoms with Crippen molar-refractivity contribution >= 4 is 17.1 Å². The molecule has 0 N–H and O–H groups in total. The topological polar surface area (TPSA) is 59.8 Å². The molecule has 2 aliphatic rings. The SMILES string of the molecule is C[C@@H]1CCCN1CCCOc1ccc2c(ccn2C2CCN(C(=O)OC(C)(C)C)CC2)n1. The predicted octanol–water partition coefficient (Wildman–Crippen LogP) is 4.86. The van der Waals surface area contributed by atoms with Gasteiger partial charge < -0.3 is 23.8 Å². The lowest BCUT2D eigenvalue weighted by atomic mass is 10.1. The van der Waals surface area contributed by atoms with Crippen molar-refractivity contribution in [3.05, 3.63) is 24.4 Å². The first-order chi connectivity index (χ1) is 15.3. The fraction of sp³-hybridized carbons (Fsp3) is 0.680. The van der Waals surface area contributed by atoms with Gasteiger partial charge in [0.25, 0.3) is 0 Å².